The highest BCUT2D eigenvalue weighted by Crippen LogP contribution is 2.14. The Balaban J connectivity index is 1.95. The van der Waals surface area contributed by atoms with E-state index in [1.54, 1.807) is 24.3 Å². The molecule has 1 aromatic rings. The molecule has 2 N–H and O–H groups in total. The van der Waals surface area contributed by atoms with Gasteiger partial charge in [0.15, 0.2) is 0 Å². The fourth-order valence-electron chi connectivity index (χ4n) is 2.40. The maximum absolute atomic E-state index is 11.9. The van der Waals surface area contributed by atoms with Crippen molar-refractivity contribution in [2.45, 2.75) is 57.8 Å². The number of hydrogen-bond acceptors (Lipinski definition) is 2. The zero-order valence-corrected chi connectivity index (χ0v) is 14.3. The molecule has 0 unspecified atom stereocenters. The number of benzene rings is 1. The van der Waals surface area contributed by atoms with Crippen molar-refractivity contribution in [1.82, 2.24) is 5.32 Å². The van der Waals surface area contributed by atoms with Gasteiger partial charge in [-0.15, -0.1) is 0 Å². The first-order valence-corrected chi connectivity index (χ1v) is 8.73. The number of rotatable bonds is 12. The van der Waals surface area contributed by atoms with E-state index >= 15 is 0 Å². The minimum absolute atomic E-state index is 0.117. The number of carboxylic acids is 1. The van der Waals surface area contributed by atoms with Crippen LogP contribution in [-0.2, 0) is 4.79 Å². The van der Waals surface area contributed by atoms with Crippen LogP contribution in [0.2, 0.25) is 5.02 Å². The van der Waals surface area contributed by atoms with Crippen LogP contribution in [-0.4, -0.2) is 23.5 Å². The van der Waals surface area contributed by atoms with E-state index in [1.165, 1.54) is 6.42 Å². The second kappa shape index (κ2) is 11.9. The molecule has 4 nitrogen and oxygen atoms in total. The zero-order chi connectivity index (χ0) is 16.9. The maximum atomic E-state index is 11.9. The van der Waals surface area contributed by atoms with Gasteiger partial charge in [-0.1, -0.05) is 62.3 Å². The average Bonchev–Trinajstić information content (AvgIpc) is 2.52. The Bertz CT molecular complexity index is 491. The molecule has 5 heteroatoms. The molecule has 0 aliphatic heterocycles. The van der Waals surface area contributed by atoms with E-state index in [0.29, 0.717) is 17.1 Å². The summed E-state index contributed by atoms with van der Waals surface area (Å²) in [6.07, 6.45) is 8.72. The van der Waals surface area contributed by atoms with Crippen molar-refractivity contribution in [1.29, 1.82) is 0 Å². The van der Waals surface area contributed by atoms with Crippen LogP contribution in [0.4, 0.5) is 0 Å². The Morgan fingerprint density at radius 1 is 0.913 bits per heavy atom. The lowest BCUT2D eigenvalue weighted by molar-refractivity contribution is -0.137. The van der Waals surface area contributed by atoms with Crippen LogP contribution < -0.4 is 5.32 Å². The summed E-state index contributed by atoms with van der Waals surface area (Å²) in [7, 11) is 0. The lowest BCUT2D eigenvalue weighted by Gasteiger charge is -2.06. The lowest BCUT2D eigenvalue weighted by atomic mass is 10.1. The standard InChI is InChI=1S/C18H26ClNO3/c19-16-12-9-8-11-15(16)18(23)20-14-10-6-4-2-1-3-5-7-13-17(21)22/h8-9,11-12H,1-7,10,13-14H2,(H,20,23)(H,21,22). The molecule has 0 aliphatic rings. The van der Waals surface area contributed by atoms with Crippen LogP contribution in [0.5, 0.6) is 0 Å². The summed E-state index contributed by atoms with van der Waals surface area (Å²) in [5, 5.41) is 11.9. The zero-order valence-electron chi connectivity index (χ0n) is 13.5. The van der Waals surface area contributed by atoms with Gasteiger partial charge in [0.05, 0.1) is 10.6 Å². The minimum atomic E-state index is -0.705. The summed E-state index contributed by atoms with van der Waals surface area (Å²) in [6, 6.07) is 7.05. The smallest absolute Gasteiger partial charge is 0.303 e. The topological polar surface area (TPSA) is 66.4 Å². The van der Waals surface area contributed by atoms with Gasteiger partial charge in [0.1, 0.15) is 0 Å². The summed E-state index contributed by atoms with van der Waals surface area (Å²) < 4.78 is 0. The largest absolute Gasteiger partial charge is 0.481 e. The fraction of sp³-hybridized carbons (Fsp3) is 0.556. The van der Waals surface area contributed by atoms with Gasteiger partial charge >= 0.3 is 5.97 Å². The first-order valence-electron chi connectivity index (χ1n) is 8.36. The maximum Gasteiger partial charge on any atom is 0.303 e. The van der Waals surface area contributed by atoms with Crippen LogP contribution in [0, 0.1) is 0 Å². The Kier molecular flexibility index (Phi) is 10.1. The van der Waals surface area contributed by atoms with Gasteiger partial charge < -0.3 is 10.4 Å². The third-order valence-electron chi connectivity index (χ3n) is 3.72. The molecule has 23 heavy (non-hydrogen) atoms. The second-order valence-corrected chi connectivity index (χ2v) is 6.12. The molecular weight excluding hydrogens is 314 g/mol. The molecule has 0 saturated heterocycles. The molecule has 0 bridgehead atoms. The monoisotopic (exact) mass is 339 g/mol. The normalized spacial score (nSPS) is 10.5. The molecule has 1 amide bonds. The van der Waals surface area contributed by atoms with Crippen LogP contribution in [0.3, 0.4) is 0 Å². The summed E-state index contributed by atoms with van der Waals surface area (Å²) in [5.41, 5.74) is 0.524. The molecule has 0 saturated carbocycles. The predicted octanol–water partition coefficient (Wildman–Crippen LogP) is 4.67. The number of carbonyl (C=O) groups is 2. The Morgan fingerprint density at radius 3 is 2.09 bits per heavy atom. The molecule has 1 aromatic carbocycles. The van der Waals surface area contributed by atoms with Gasteiger partial charge in [-0.05, 0) is 25.0 Å². The number of aliphatic carboxylic acids is 1. The number of carboxylic acid groups (broad SMARTS) is 1. The van der Waals surface area contributed by atoms with Crippen molar-refractivity contribution in [3.63, 3.8) is 0 Å². The lowest BCUT2D eigenvalue weighted by Crippen LogP contribution is -2.24. The summed E-state index contributed by atoms with van der Waals surface area (Å²) in [6.45, 7) is 0.669. The summed E-state index contributed by atoms with van der Waals surface area (Å²) in [5.74, 6) is -0.821. The summed E-state index contributed by atoms with van der Waals surface area (Å²) >= 11 is 5.98. The first-order chi connectivity index (χ1) is 11.1. The molecule has 0 radical (unpaired) electrons. The van der Waals surface area contributed by atoms with E-state index in [2.05, 4.69) is 5.32 Å². The molecule has 0 heterocycles. The van der Waals surface area contributed by atoms with Gasteiger partial charge in [-0.25, -0.2) is 0 Å². The Labute approximate surface area is 143 Å². The van der Waals surface area contributed by atoms with Crippen LogP contribution in [0.1, 0.15) is 68.1 Å². The van der Waals surface area contributed by atoms with E-state index < -0.39 is 5.97 Å². The van der Waals surface area contributed by atoms with Crippen LogP contribution in [0.15, 0.2) is 24.3 Å². The van der Waals surface area contributed by atoms with Gasteiger partial charge in [0.2, 0.25) is 0 Å². The summed E-state index contributed by atoms with van der Waals surface area (Å²) in [4.78, 5) is 22.3. The molecule has 128 valence electrons. The van der Waals surface area contributed by atoms with E-state index in [1.807, 2.05) is 0 Å². The molecule has 0 aromatic heterocycles. The Hall–Kier alpha value is -1.55. The van der Waals surface area contributed by atoms with Gasteiger partial charge in [0, 0.05) is 13.0 Å². The van der Waals surface area contributed by atoms with Crippen molar-refractivity contribution in [3.8, 4) is 0 Å². The molecule has 0 spiro atoms. The Morgan fingerprint density at radius 2 is 1.48 bits per heavy atom. The van der Waals surface area contributed by atoms with Crippen LogP contribution >= 0.6 is 11.6 Å². The molecular formula is C18H26ClNO3. The van der Waals surface area contributed by atoms with Gasteiger partial charge in [0.25, 0.3) is 5.91 Å². The molecule has 0 atom stereocenters. The van der Waals surface area contributed by atoms with Crippen molar-refractivity contribution < 1.29 is 14.7 Å². The molecule has 1 rings (SSSR count). The fourth-order valence-corrected chi connectivity index (χ4v) is 2.63. The van der Waals surface area contributed by atoms with E-state index in [9.17, 15) is 9.59 Å². The quantitative estimate of drug-likeness (QED) is 0.544. The van der Waals surface area contributed by atoms with Gasteiger partial charge in [-0.3, -0.25) is 9.59 Å². The number of hydrogen-bond donors (Lipinski definition) is 2. The third-order valence-corrected chi connectivity index (χ3v) is 4.05. The highest BCUT2D eigenvalue weighted by atomic mass is 35.5. The SMILES string of the molecule is O=C(O)CCCCCCCCCCNC(=O)c1ccccc1Cl. The molecule has 0 aliphatic carbocycles. The minimum Gasteiger partial charge on any atom is -0.481 e. The second-order valence-electron chi connectivity index (χ2n) is 5.71. The number of halogens is 1. The molecule has 0 fully saturated rings. The average molecular weight is 340 g/mol. The van der Waals surface area contributed by atoms with Crippen molar-refractivity contribution in [3.05, 3.63) is 34.9 Å². The van der Waals surface area contributed by atoms with E-state index in [4.69, 9.17) is 16.7 Å². The van der Waals surface area contributed by atoms with Crippen molar-refractivity contribution in [2.24, 2.45) is 0 Å². The van der Waals surface area contributed by atoms with Crippen molar-refractivity contribution in [2.75, 3.05) is 6.54 Å². The van der Waals surface area contributed by atoms with Gasteiger partial charge in [-0.2, -0.15) is 0 Å². The highest BCUT2D eigenvalue weighted by Gasteiger charge is 2.07. The predicted molar refractivity (Wildman–Crippen MR) is 93.0 cm³/mol. The number of nitrogens with one attached hydrogen (secondary N) is 1. The van der Waals surface area contributed by atoms with Crippen LogP contribution in [0.25, 0.3) is 0 Å². The highest BCUT2D eigenvalue weighted by molar-refractivity contribution is 6.33. The van der Waals surface area contributed by atoms with E-state index in [0.717, 1.165) is 44.9 Å². The number of unbranched alkanes of at least 4 members (excludes halogenated alkanes) is 7. The number of amides is 1. The third kappa shape index (κ3) is 9.24. The first kappa shape index (κ1) is 19.5. The number of carbonyl (C=O) groups excluding carboxylic acids is 1. The van der Waals surface area contributed by atoms with E-state index in [-0.39, 0.29) is 12.3 Å². The van der Waals surface area contributed by atoms with Crippen molar-refractivity contribution >= 4 is 23.5 Å².